The fraction of sp³-hybridized carbons (Fsp3) is 0.278. The summed E-state index contributed by atoms with van der Waals surface area (Å²) < 4.78 is 1.31. The molecule has 0 radical (unpaired) electrons. The van der Waals surface area contributed by atoms with Crippen LogP contribution in [0.4, 0.5) is 0 Å². The number of halogens is 1. The highest BCUT2D eigenvalue weighted by Gasteiger charge is 2.26. The Morgan fingerprint density at radius 2 is 1.85 bits per heavy atom. The van der Waals surface area contributed by atoms with E-state index in [1.54, 1.807) is 24.3 Å². The first-order chi connectivity index (χ1) is 12.5. The van der Waals surface area contributed by atoms with E-state index in [1.807, 2.05) is 0 Å². The average Bonchev–Trinajstić information content (AvgIpc) is 2.64. The van der Waals surface area contributed by atoms with Crippen LogP contribution in [0.15, 0.2) is 41.2 Å². The Labute approximate surface area is 154 Å². The van der Waals surface area contributed by atoms with Crippen molar-refractivity contribution in [2.24, 2.45) is 0 Å². The van der Waals surface area contributed by atoms with Crippen LogP contribution < -0.4 is 10.9 Å². The van der Waals surface area contributed by atoms with Crippen LogP contribution >= 0.6 is 11.6 Å². The van der Waals surface area contributed by atoms with E-state index >= 15 is 0 Å². The number of hydrogen-bond acceptors (Lipinski definition) is 4. The fourth-order valence-corrected chi connectivity index (χ4v) is 2.98. The number of amides is 2. The number of aliphatic hydroxyl groups excluding tert-OH is 1. The molecule has 1 aliphatic heterocycles. The third-order valence-electron chi connectivity index (χ3n) is 4.25. The molecule has 1 aromatic carbocycles. The molecule has 2 aromatic rings. The second-order valence-corrected chi connectivity index (χ2v) is 6.35. The molecule has 0 saturated carbocycles. The summed E-state index contributed by atoms with van der Waals surface area (Å²) in [6, 6.07) is 9.87. The van der Waals surface area contributed by atoms with Gasteiger partial charge >= 0.3 is 0 Å². The molecule has 7 nitrogen and oxygen atoms in total. The van der Waals surface area contributed by atoms with E-state index in [1.165, 1.54) is 21.6 Å². The molecule has 0 saturated heterocycles. The molecule has 2 amide bonds. The Balaban J connectivity index is 1.77. The predicted octanol–water partition coefficient (Wildman–Crippen LogP) is 0.880. The Hall–Kier alpha value is -2.64. The fourth-order valence-electron chi connectivity index (χ4n) is 2.86. The summed E-state index contributed by atoms with van der Waals surface area (Å²) in [6.45, 7) is 0.957. The molecule has 136 valence electrons. The highest BCUT2D eigenvalue weighted by atomic mass is 35.5. The molecular formula is C18H18ClN3O4. The topological polar surface area (TPSA) is 91.6 Å². The van der Waals surface area contributed by atoms with Crippen molar-refractivity contribution in [3.8, 4) is 0 Å². The van der Waals surface area contributed by atoms with Crippen LogP contribution in [0.25, 0.3) is 0 Å². The SMILES string of the molecule is O=C(NCc1ccc(Cl)cc1)c1ccc2n(c1=O)CCN(CCO)C2=O. The molecule has 0 atom stereocenters. The number of pyridine rings is 1. The maximum atomic E-state index is 12.6. The van der Waals surface area contributed by atoms with Gasteiger partial charge in [-0.15, -0.1) is 0 Å². The molecule has 0 fully saturated rings. The molecule has 0 bridgehead atoms. The summed E-state index contributed by atoms with van der Waals surface area (Å²) in [7, 11) is 0. The summed E-state index contributed by atoms with van der Waals surface area (Å²) in [5, 5.41) is 12.3. The number of hydrogen-bond donors (Lipinski definition) is 2. The zero-order valence-corrected chi connectivity index (χ0v) is 14.7. The van der Waals surface area contributed by atoms with Crippen LogP contribution in [0.1, 0.15) is 26.4 Å². The summed E-state index contributed by atoms with van der Waals surface area (Å²) in [5.41, 5.74) is 0.582. The minimum atomic E-state index is -0.495. The number of fused-ring (bicyclic) bond motifs is 1. The minimum absolute atomic E-state index is 0.00822. The molecular weight excluding hydrogens is 358 g/mol. The lowest BCUT2D eigenvalue weighted by atomic mass is 10.1. The Morgan fingerprint density at radius 3 is 2.54 bits per heavy atom. The molecule has 2 heterocycles. The molecule has 3 rings (SSSR count). The molecule has 2 N–H and O–H groups in total. The van der Waals surface area contributed by atoms with Gasteiger partial charge in [0.25, 0.3) is 17.4 Å². The van der Waals surface area contributed by atoms with E-state index in [0.29, 0.717) is 11.6 Å². The first-order valence-electron chi connectivity index (χ1n) is 8.18. The van der Waals surface area contributed by atoms with Gasteiger partial charge in [-0.25, -0.2) is 0 Å². The maximum absolute atomic E-state index is 12.6. The van der Waals surface area contributed by atoms with Gasteiger partial charge in [-0.1, -0.05) is 23.7 Å². The van der Waals surface area contributed by atoms with E-state index < -0.39 is 11.5 Å². The van der Waals surface area contributed by atoms with Crippen molar-refractivity contribution in [2.45, 2.75) is 13.1 Å². The van der Waals surface area contributed by atoms with Gasteiger partial charge < -0.3 is 19.9 Å². The van der Waals surface area contributed by atoms with Gasteiger partial charge in [0.05, 0.1) is 6.61 Å². The van der Waals surface area contributed by atoms with Gasteiger partial charge in [0, 0.05) is 31.2 Å². The molecule has 8 heteroatoms. The second-order valence-electron chi connectivity index (χ2n) is 5.91. The quantitative estimate of drug-likeness (QED) is 0.811. The average molecular weight is 376 g/mol. The third kappa shape index (κ3) is 3.63. The highest BCUT2D eigenvalue weighted by Crippen LogP contribution is 2.12. The van der Waals surface area contributed by atoms with Gasteiger partial charge in [0.1, 0.15) is 11.3 Å². The predicted molar refractivity (Wildman–Crippen MR) is 96.3 cm³/mol. The Morgan fingerprint density at radius 1 is 1.12 bits per heavy atom. The number of carbonyl (C=O) groups excluding carboxylic acids is 2. The van der Waals surface area contributed by atoms with Crippen molar-refractivity contribution in [3.63, 3.8) is 0 Å². The van der Waals surface area contributed by atoms with Gasteiger partial charge in [-0.2, -0.15) is 0 Å². The molecule has 1 aliphatic rings. The first kappa shape index (κ1) is 18.2. The van der Waals surface area contributed by atoms with E-state index in [0.717, 1.165) is 5.56 Å². The monoisotopic (exact) mass is 375 g/mol. The Kier molecular flexibility index (Phi) is 5.39. The van der Waals surface area contributed by atoms with Crippen molar-refractivity contribution in [1.82, 2.24) is 14.8 Å². The number of rotatable bonds is 5. The summed E-state index contributed by atoms with van der Waals surface area (Å²) in [6.07, 6.45) is 0. The molecule has 1 aromatic heterocycles. The summed E-state index contributed by atoms with van der Waals surface area (Å²) >= 11 is 5.82. The Bertz CT molecular complexity index is 892. The summed E-state index contributed by atoms with van der Waals surface area (Å²) in [5.74, 6) is -0.819. The van der Waals surface area contributed by atoms with Crippen molar-refractivity contribution in [2.75, 3.05) is 19.7 Å². The van der Waals surface area contributed by atoms with Gasteiger partial charge in [-0.05, 0) is 29.8 Å². The van der Waals surface area contributed by atoms with Crippen molar-refractivity contribution in [1.29, 1.82) is 0 Å². The minimum Gasteiger partial charge on any atom is -0.395 e. The van der Waals surface area contributed by atoms with Crippen LogP contribution in [0.2, 0.25) is 5.02 Å². The van der Waals surface area contributed by atoms with E-state index in [-0.39, 0.29) is 43.4 Å². The van der Waals surface area contributed by atoms with Crippen molar-refractivity contribution < 1.29 is 14.7 Å². The standard InChI is InChI=1S/C18H18ClN3O4/c19-13-3-1-12(2-4-13)11-20-16(24)14-5-6-15-18(26)21(9-10-23)7-8-22(15)17(14)25/h1-6,23H,7-11H2,(H,20,24). The molecule has 0 aliphatic carbocycles. The zero-order valence-electron chi connectivity index (χ0n) is 13.9. The molecule has 0 spiro atoms. The first-order valence-corrected chi connectivity index (χ1v) is 8.55. The largest absolute Gasteiger partial charge is 0.395 e. The second kappa shape index (κ2) is 7.72. The van der Waals surface area contributed by atoms with Gasteiger partial charge in [-0.3, -0.25) is 14.4 Å². The van der Waals surface area contributed by atoms with Crippen molar-refractivity contribution in [3.05, 3.63) is 68.6 Å². The van der Waals surface area contributed by atoms with Gasteiger partial charge in [0.15, 0.2) is 0 Å². The lowest BCUT2D eigenvalue weighted by Gasteiger charge is -2.29. The third-order valence-corrected chi connectivity index (χ3v) is 4.51. The number of β-amino-alcohol motifs (C(OH)–C–C–N with tert-alkyl or cyclic N) is 1. The van der Waals surface area contributed by atoms with Crippen LogP contribution in [0.5, 0.6) is 0 Å². The normalized spacial score (nSPS) is 13.5. The number of aliphatic hydroxyl groups is 1. The lowest BCUT2D eigenvalue weighted by molar-refractivity contribution is 0.0663. The number of nitrogens with zero attached hydrogens (tertiary/aromatic N) is 2. The van der Waals surface area contributed by atoms with E-state index in [4.69, 9.17) is 16.7 Å². The number of aromatic nitrogens is 1. The van der Waals surface area contributed by atoms with Crippen LogP contribution in [0, 0.1) is 0 Å². The maximum Gasteiger partial charge on any atom is 0.270 e. The zero-order chi connectivity index (χ0) is 18.7. The lowest BCUT2D eigenvalue weighted by Crippen LogP contribution is -2.46. The van der Waals surface area contributed by atoms with Gasteiger partial charge in [0.2, 0.25) is 0 Å². The number of benzene rings is 1. The smallest absolute Gasteiger partial charge is 0.270 e. The molecule has 0 unspecified atom stereocenters. The number of nitrogens with one attached hydrogen (secondary N) is 1. The van der Waals surface area contributed by atoms with Crippen LogP contribution in [-0.4, -0.2) is 46.1 Å². The van der Waals surface area contributed by atoms with Crippen molar-refractivity contribution >= 4 is 23.4 Å². The van der Waals surface area contributed by atoms with Crippen LogP contribution in [-0.2, 0) is 13.1 Å². The van der Waals surface area contributed by atoms with Crippen LogP contribution in [0.3, 0.4) is 0 Å². The summed E-state index contributed by atoms with van der Waals surface area (Å²) in [4.78, 5) is 38.7. The number of carbonyl (C=O) groups is 2. The molecule has 26 heavy (non-hydrogen) atoms. The highest BCUT2D eigenvalue weighted by molar-refractivity contribution is 6.30. The van der Waals surface area contributed by atoms with E-state index in [9.17, 15) is 14.4 Å². The van der Waals surface area contributed by atoms with E-state index in [2.05, 4.69) is 5.32 Å².